The second kappa shape index (κ2) is 5.51. The fourth-order valence-corrected chi connectivity index (χ4v) is 1.62. The van der Waals surface area contributed by atoms with Gasteiger partial charge in [-0.15, -0.1) is 0 Å². The van der Waals surface area contributed by atoms with Gasteiger partial charge < -0.3 is 10.3 Å². The third kappa shape index (κ3) is 3.31. The summed E-state index contributed by atoms with van der Waals surface area (Å²) in [7, 11) is 0. The summed E-state index contributed by atoms with van der Waals surface area (Å²) in [5.74, 6) is 1.25. The van der Waals surface area contributed by atoms with E-state index in [1.807, 2.05) is 0 Å². The van der Waals surface area contributed by atoms with Gasteiger partial charge >= 0.3 is 0 Å². The minimum absolute atomic E-state index is 0.0846. The van der Waals surface area contributed by atoms with E-state index in [2.05, 4.69) is 29.1 Å². The molecule has 2 rings (SSSR count). The molecule has 0 unspecified atom stereocenters. The van der Waals surface area contributed by atoms with E-state index in [4.69, 9.17) is 0 Å². The highest BCUT2D eigenvalue weighted by Crippen LogP contribution is 2.21. The first-order valence-electron chi connectivity index (χ1n) is 6.10. The Labute approximate surface area is 111 Å². The molecule has 0 saturated carbocycles. The van der Waals surface area contributed by atoms with Gasteiger partial charge in [0.05, 0.1) is 16.8 Å². The van der Waals surface area contributed by atoms with Crippen molar-refractivity contribution >= 4 is 11.6 Å². The van der Waals surface area contributed by atoms with Crippen LogP contribution in [0.2, 0.25) is 0 Å². The summed E-state index contributed by atoms with van der Waals surface area (Å²) in [4.78, 5) is 17.5. The summed E-state index contributed by atoms with van der Waals surface area (Å²) in [6.07, 6.45) is 1.71. The fraction of sp³-hybridized carbons (Fsp3) is 0.308. The number of nitro benzene ring substituents is 1. The average molecular weight is 260 g/mol. The highest BCUT2D eigenvalue weighted by molar-refractivity contribution is 5.61. The third-order valence-corrected chi connectivity index (χ3v) is 2.64. The molecular weight excluding hydrogens is 244 g/mol. The zero-order valence-electron chi connectivity index (χ0n) is 10.9. The lowest BCUT2D eigenvalue weighted by Gasteiger charge is -2.05. The SMILES string of the molecule is CC(C)CNc1ncc(-c2ccc([N+](=O)[O-])cc2)[nH]1. The number of nitrogens with one attached hydrogen (secondary N) is 2. The molecule has 1 aromatic carbocycles. The highest BCUT2D eigenvalue weighted by Gasteiger charge is 2.07. The molecular formula is C13H16N4O2. The van der Waals surface area contributed by atoms with Crippen molar-refractivity contribution in [2.24, 2.45) is 5.92 Å². The Morgan fingerprint density at radius 1 is 1.37 bits per heavy atom. The first-order chi connectivity index (χ1) is 9.06. The van der Waals surface area contributed by atoms with Crippen LogP contribution in [0.1, 0.15) is 13.8 Å². The van der Waals surface area contributed by atoms with Crippen LogP contribution >= 0.6 is 0 Å². The molecule has 0 amide bonds. The predicted molar refractivity (Wildman–Crippen MR) is 74.0 cm³/mol. The number of H-pyrrole nitrogens is 1. The first kappa shape index (κ1) is 13.1. The van der Waals surface area contributed by atoms with Crippen LogP contribution in [-0.2, 0) is 0 Å². The molecule has 0 radical (unpaired) electrons. The fourth-order valence-electron chi connectivity index (χ4n) is 1.62. The van der Waals surface area contributed by atoms with Crippen LogP contribution in [0, 0.1) is 16.0 Å². The van der Waals surface area contributed by atoms with Gasteiger partial charge in [-0.2, -0.15) is 0 Å². The minimum atomic E-state index is -0.410. The molecule has 6 heteroatoms. The molecule has 2 aromatic rings. The van der Waals surface area contributed by atoms with Gasteiger partial charge in [0.2, 0.25) is 5.95 Å². The van der Waals surface area contributed by atoms with Crippen molar-refractivity contribution in [3.05, 3.63) is 40.6 Å². The highest BCUT2D eigenvalue weighted by atomic mass is 16.6. The Balaban J connectivity index is 2.11. The standard InChI is InChI=1S/C13H16N4O2/c1-9(2)7-14-13-15-8-12(16-13)10-3-5-11(6-4-10)17(18)19/h3-6,8-9H,7H2,1-2H3,(H2,14,15,16). The molecule has 0 aliphatic carbocycles. The lowest BCUT2D eigenvalue weighted by atomic mass is 10.1. The van der Waals surface area contributed by atoms with E-state index in [1.165, 1.54) is 12.1 Å². The Hall–Kier alpha value is -2.37. The summed E-state index contributed by atoms with van der Waals surface area (Å²) in [6, 6.07) is 6.38. The molecule has 0 aliphatic rings. The van der Waals surface area contributed by atoms with E-state index in [0.29, 0.717) is 11.9 Å². The smallest absolute Gasteiger partial charge is 0.269 e. The van der Waals surface area contributed by atoms with Gasteiger partial charge in [-0.05, 0) is 18.1 Å². The van der Waals surface area contributed by atoms with Gasteiger partial charge in [-0.1, -0.05) is 13.8 Å². The second-order valence-electron chi connectivity index (χ2n) is 4.72. The van der Waals surface area contributed by atoms with Crippen molar-refractivity contribution in [2.45, 2.75) is 13.8 Å². The van der Waals surface area contributed by atoms with Crippen molar-refractivity contribution in [1.29, 1.82) is 0 Å². The number of anilines is 1. The van der Waals surface area contributed by atoms with E-state index in [9.17, 15) is 10.1 Å². The topological polar surface area (TPSA) is 83.8 Å². The van der Waals surface area contributed by atoms with Crippen molar-refractivity contribution in [3.63, 3.8) is 0 Å². The number of hydrogen-bond donors (Lipinski definition) is 2. The van der Waals surface area contributed by atoms with Crippen LogP contribution < -0.4 is 5.32 Å². The van der Waals surface area contributed by atoms with Crippen molar-refractivity contribution in [1.82, 2.24) is 9.97 Å². The molecule has 0 aliphatic heterocycles. The largest absolute Gasteiger partial charge is 0.356 e. The quantitative estimate of drug-likeness (QED) is 0.639. The summed E-state index contributed by atoms with van der Waals surface area (Å²) >= 11 is 0. The molecule has 2 N–H and O–H groups in total. The van der Waals surface area contributed by atoms with Gasteiger partial charge in [0.25, 0.3) is 5.69 Å². The van der Waals surface area contributed by atoms with Crippen LogP contribution in [0.4, 0.5) is 11.6 Å². The maximum atomic E-state index is 10.6. The summed E-state index contributed by atoms with van der Waals surface area (Å²) in [6.45, 7) is 5.08. The second-order valence-corrected chi connectivity index (χ2v) is 4.72. The predicted octanol–water partition coefficient (Wildman–Crippen LogP) is 3.05. The van der Waals surface area contributed by atoms with E-state index < -0.39 is 4.92 Å². The van der Waals surface area contributed by atoms with Gasteiger partial charge in [0.1, 0.15) is 0 Å². The molecule has 0 saturated heterocycles. The zero-order chi connectivity index (χ0) is 13.8. The van der Waals surface area contributed by atoms with Crippen molar-refractivity contribution in [2.75, 3.05) is 11.9 Å². The number of benzene rings is 1. The molecule has 0 spiro atoms. The van der Waals surface area contributed by atoms with Crippen LogP contribution in [0.15, 0.2) is 30.5 Å². The number of rotatable bonds is 5. The van der Waals surface area contributed by atoms with Crippen LogP contribution in [0.3, 0.4) is 0 Å². The van der Waals surface area contributed by atoms with Gasteiger partial charge in [-0.25, -0.2) is 4.98 Å². The van der Waals surface area contributed by atoms with Crippen LogP contribution in [-0.4, -0.2) is 21.4 Å². The monoisotopic (exact) mass is 260 g/mol. The molecule has 100 valence electrons. The van der Waals surface area contributed by atoms with Crippen molar-refractivity contribution < 1.29 is 4.92 Å². The lowest BCUT2D eigenvalue weighted by Crippen LogP contribution is -2.08. The molecule has 19 heavy (non-hydrogen) atoms. The number of non-ortho nitro benzene ring substituents is 1. The molecule has 0 bridgehead atoms. The number of hydrogen-bond acceptors (Lipinski definition) is 4. The van der Waals surface area contributed by atoms with E-state index in [-0.39, 0.29) is 5.69 Å². The number of aromatic amines is 1. The molecule has 1 heterocycles. The Bertz CT molecular complexity index is 560. The molecule has 0 fully saturated rings. The molecule has 1 aromatic heterocycles. The Kier molecular flexibility index (Phi) is 3.79. The Morgan fingerprint density at radius 2 is 2.05 bits per heavy atom. The van der Waals surface area contributed by atoms with Crippen molar-refractivity contribution in [3.8, 4) is 11.3 Å². The van der Waals surface area contributed by atoms with Gasteiger partial charge in [0, 0.05) is 24.2 Å². The van der Waals surface area contributed by atoms with Crippen LogP contribution in [0.5, 0.6) is 0 Å². The average Bonchev–Trinajstić information content (AvgIpc) is 2.85. The summed E-state index contributed by atoms with van der Waals surface area (Å²) in [5, 5.41) is 13.8. The zero-order valence-corrected chi connectivity index (χ0v) is 10.9. The van der Waals surface area contributed by atoms with E-state index in [0.717, 1.165) is 17.8 Å². The Morgan fingerprint density at radius 3 is 2.63 bits per heavy atom. The number of aromatic nitrogens is 2. The number of nitrogens with zero attached hydrogens (tertiary/aromatic N) is 2. The summed E-state index contributed by atoms with van der Waals surface area (Å²) < 4.78 is 0. The van der Waals surface area contributed by atoms with E-state index >= 15 is 0 Å². The number of nitro groups is 1. The normalized spacial score (nSPS) is 10.7. The third-order valence-electron chi connectivity index (χ3n) is 2.64. The summed E-state index contributed by atoms with van der Waals surface area (Å²) in [5.41, 5.74) is 1.79. The maximum absolute atomic E-state index is 10.6. The maximum Gasteiger partial charge on any atom is 0.269 e. The molecule has 0 atom stereocenters. The van der Waals surface area contributed by atoms with Gasteiger partial charge in [-0.3, -0.25) is 10.1 Å². The lowest BCUT2D eigenvalue weighted by molar-refractivity contribution is -0.384. The minimum Gasteiger partial charge on any atom is -0.356 e. The van der Waals surface area contributed by atoms with Gasteiger partial charge in [0.15, 0.2) is 0 Å². The number of imidazole rings is 1. The molecule has 6 nitrogen and oxygen atoms in total. The van der Waals surface area contributed by atoms with Crippen LogP contribution in [0.25, 0.3) is 11.3 Å². The van der Waals surface area contributed by atoms with E-state index in [1.54, 1.807) is 18.3 Å². The first-order valence-corrected chi connectivity index (χ1v) is 6.10.